The van der Waals surface area contributed by atoms with Crippen LogP contribution in [0.3, 0.4) is 0 Å². The van der Waals surface area contributed by atoms with Gasteiger partial charge in [-0.25, -0.2) is 9.07 Å². The van der Waals surface area contributed by atoms with E-state index < -0.39 is 0 Å². The SMILES string of the molecule is CCOc1ccccc1C(=O)Nc1cc(-c2ccccc2)nn1-c1cccc(F)c1. The van der Waals surface area contributed by atoms with Crippen LogP contribution in [-0.4, -0.2) is 22.3 Å². The summed E-state index contributed by atoms with van der Waals surface area (Å²) in [6, 6.07) is 24.4. The molecule has 1 amide bonds. The van der Waals surface area contributed by atoms with E-state index in [0.717, 1.165) is 5.56 Å². The van der Waals surface area contributed by atoms with Crippen LogP contribution in [0, 0.1) is 5.82 Å². The predicted octanol–water partition coefficient (Wildman–Crippen LogP) is 5.33. The molecule has 3 aromatic carbocycles. The fourth-order valence-corrected chi connectivity index (χ4v) is 3.14. The zero-order valence-corrected chi connectivity index (χ0v) is 16.4. The van der Waals surface area contributed by atoms with Crippen molar-refractivity contribution in [1.82, 2.24) is 9.78 Å². The number of nitrogens with zero attached hydrogens (tertiary/aromatic N) is 2. The number of para-hydroxylation sites is 1. The number of anilines is 1. The molecule has 1 N–H and O–H groups in total. The van der Waals surface area contributed by atoms with Crippen LogP contribution in [0.25, 0.3) is 16.9 Å². The van der Waals surface area contributed by atoms with E-state index in [1.807, 2.05) is 43.3 Å². The first-order chi connectivity index (χ1) is 14.7. The molecule has 6 heteroatoms. The standard InChI is InChI=1S/C24H20FN3O2/c1-2-30-22-14-7-6-13-20(22)24(29)26-23-16-21(17-9-4-3-5-10-17)27-28(23)19-12-8-11-18(25)15-19/h3-16H,2H2,1H3,(H,26,29). The lowest BCUT2D eigenvalue weighted by Crippen LogP contribution is -2.16. The smallest absolute Gasteiger partial charge is 0.260 e. The summed E-state index contributed by atoms with van der Waals surface area (Å²) in [5.41, 5.74) is 2.46. The van der Waals surface area contributed by atoms with Gasteiger partial charge < -0.3 is 10.1 Å². The van der Waals surface area contributed by atoms with E-state index in [9.17, 15) is 9.18 Å². The lowest BCUT2D eigenvalue weighted by molar-refractivity contribution is 0.102. The monoisotopic (exact) mass is 401 g/mol. The molecule has 4 aromatic rings. The van der Waals surface area contributed by atoms with Crippen LogP contribution in [0.2, 0.25) is 0 Å². The lowest BCUT2D eigenvalue weighted by atomic mass is 10.1. The highest BCUT2D eigenvalue weighted by Gasteiger charge is 2.17. The number of aromatic nitrogens is 2. The Hall–Kier alpha value is -3.93. The Morgan fingerprint density at radius 3 is 2.53 bits per heavy atom. The second-order valence-corrected chi connectivity index (χ2v) is 6.56. The third-order valence-electron chi connectivity index (χ3n) is 4.50. The number of halogens is 1. The molecule has 0 bridgehead atoms. The van der Waals surface area contributed by atoms with Gasteiger partial charge in [-0.2, -0.15) is 5.10 Å². The van der Waals surface area contributed by atoms with E-state index in [1.54, 1.807) is 36.4 Å². The third-order valence-corrected chi connectivity index (χ3v) is 4.50. The van der Waals surface area contributed by atoms with E-state index in [4.69, 9.17) is 4.74 Å². The lowest BCUT2D eigenvalue weighted by Gasteiger charge is -2.12. The second kappa shape index (κ2) is 8.61. The van der Waals surface area contributed by atoms with E-state index >= 15 is 0 Å². The summed E-state index contributed by atoms with van der Waals surface area (Å²) < 4.78 is 20.9. The number of rotatable bonds is 6. The van der Waals surface area contributed by atoms with Gasteiger partial charge in [-0.3, -0.25) is 4.79 Å². The van der Waals surface area contributed by atoms with Crippen LogP contribution in [-0.2, 0) is 0 Å². The predicted molar refractivity (Wildman–Crippen MR) is 115 cm³/mol. The summed E-state index contributed by atoms with van der Waals surface area (Å²) >= 11 is 0. The number of benzene rings is 3. The molecule has 0 saturated heterocycles. The first-order valence-corrected chi connectivity index (χ1v) is 9.60. The number of carbonyl (C=O) groups excluding carboxylic acids is 1. The van der Waals surface area contributed by atoms with Gasteiger partial charge in [0, 0.05) is 11.6 Å². The van der Waals surface area contributed by atoms with Crippen molar-refractivity contribution in [2.24, 2.45) is 0 Å². The van der Waals surface area contributed by atoms with E-state index in [0.29, 0.717) is 35.1 Å². The van der Waals surface area contributed by atoms with Crippen molar-refractivity contribution < 1.29 is 13.9 Å². The Balaban J connectivity index is 1.75. The van der Waals surface area contributed by atoms with Crippen LogP contribution in [0.1, 0.15) is 17.3 Å². The van der Waals surface area contributed by atoms with Gasteiger partial charge in [-0.1, -0.05) is 48.5 Å². The van der Waals surface area contributed by atoms with Gasteiger partial charge in [-0.15, -0.1) is 0 Å². The number of hydrogen-bond donors (Lipinski definition) is 1. The van der Waals surface area contributed by atoms with Crippen molar-refractivity contribution in [1.29, 1.82) is 0 Å². The molecule has 0 aliphatic rings. The van der Waals surface area contributed by atoms with Crippen molar-refractivity contribution in [2.45, 2.75) is 6.92 Å². The zero-order chi connectivity index (χ0) is 20.9. The molecule has 1 heterocycles. The van der Waals surface area contributed by atoms with E-state index in [1.165, 1.54) is 16.8 Å². The fourth-order valence-electron chi connectivity index (χ4n) is 3.14. The summed E-state index contributed by atoms with van der Waals surface area (Å²) in [6.07, 6.45) is 0. The molecule has 0 fully saturated rings. The van der Waals surface area contributed by atoms with Crippen LogP contribution >= 0.6 is 0 Å². The van der Waals surface area contributed by atoms with Crippen molar-refractivity contribution in [2.75, 3.05) is 11.9 Å². The van der Waals surface area contributed by atoms with Crippen LogP contribution in [0.5, 0.6) is 5.75 Å². The van der Waals surface area contributed by atoms with Crippen LogP contribution < -0.4 is 10.1 Å². The van der Waals surface area contributed by atoms with Crippen LogP contribution in [0.15, 0.2) is 84.9 Å². The van der Waals surface area contributed by atoms with Crippen molar-refractivity contribution in [3.63, 3.8) is 0 Å². The van der Waals surface area contributed by atoms with Crippen molar-refractivity contribution in [3.05, 3.63) is 96.3 Å². The molecule has 0 saturated carbocycles. The topological polar surface area (TPSA) is 56.1 Å². The summed E-state index contributed by atoms with van der Waals surface area (Å²) in [6.45, 7) is 2.31. The zero-order valence-electron chi connectivity index (χ0n) is 16.4. The maximum Gasteiger partial charge on any atom is 0.260 e. The quantitative estimate of drug-likeness (QED) is 0.475. The average molecular weight is 401 g/mol. The number of nitrogens with one attached hydrogen (secondary N) is 1. The summed E-state index contributed by atoms with van der Waals surface area (Å²) in [7, 11) is 0. The molecule has 30 heavy (non-hydrogen) atoms. The van der Waals surface area contributed by atoms with Crippen LogP contribution in [0.4, 0.5) is 10.2 Å². The molecule has 0 unspecified atom stereocenters. The first kappa shape index (κ1) is 19.4. The van der Waals surface area contributed by atoms with Gasteiger partial charge in [0.1, 0.15) is 17.4 Å². The minimum absolute atomic E-state index is 0.337. The van der Waals surface area contributed by atoms with Gasteiger partial charge >= 0.3 is 0 Å². The number of ether oxygens (including phenoxy) is 1. The van der Waals surface area contributed by atoms with Gasteiger partial charge in [0.2, 0.25) is 0 Å². The largest absolute Gasteiger partial charge is 0.493 e. The Morgan fingerprint density at radius 2 is 1.77 bits per heavy atom. The van der Waals surface area contributed by atoms with E-state index in [-0.39, 0.29) is 11.7 Å². The van der Waals surface area contributed by atoms with Gasteiger partial charge in [0.05, 0.1) is 23.6 Å². The Labute approximate surface area is 173 Å². The third kappa shape index (κ3) is 4.07. The maximum absolute atomic E-state index is 13.8. The van der Waals surface area contributed by atoms with Gasteiger partial charge in [0.15, 0.2) is 0 Å². The first-order valence-electron chi connectivity index (χ1n) is 9.60. The highest BCUT2D eigenvalue weighted by Crippen LogP contribution is 2.26. The van der Waals surface area contributed by atoms with Gasteiger partial charge in [0.25, 0.3) is 5.91 Å². The Kier molecular flexibility index (Phi) is 5.57. The Morgan fingerprint density at radius 1 is 1.00 bits per heavy atom. The summed E-state index contributed by atoms with van der Waals surface area (Å²) in [5.74, 6) is 0.202. The summed E-state index contributed by atoms with van der Waals surface area (Å²) in [5, 5.41) is 7.49. The molecule has 4 rings (SSSR count). The molecule has 0 atom stereocenters. The summed E-state index contributed by atoms with van der Waals surface area (Å²) in [4.78, 5) is 13.0. The highest BCUT2D eigenvalue weighted by atomic mass is 19.1. The molecular formula is C24H20FN3O2. The molecule has 0 radical (unpaired) electrons. The van der Waals surface area contributed by atoms with Crippen molar-refractivity contribution in [3.8, 4) is 22.7 Å². The maximum atomic E-state index is 13.8. The normalized spacial score (nSPS) is 10.6. The highest BCUT2D eigenvalue weighted by molar-refractivity contribution is 6.06. The molecule has 0 aliphatic heterocycles. The Bertz CT molecular complexity index is 1170. The molecule has 5 nitrogen and oxygen atoms in total. The number of carbonyl (C=O) groups is 1. The molecule has 0 aliphatic carbocycles. The number of hydrogen-bond acceptors (Lipinski definition) is 3. The minimum atomic E-state index is -0.386. The fraction of sp³-hybridized carbons (Fsp3) is 0.0833. The average Bonchev–Trinajstić information content (AvgIpc) is 3.19. The minimum Gasteiger partial charge on any atom is -0.493 e. The van der Waals surface area contributed by atoms with E-state index in [2.05, 4.69) is 10.4 Å². The second-order valence-electron chi connectivity index (χ2n) is 6.56. The van der Waals surface area contributed by atoms with Crippen molar-refractivity contribution >= 4 is 11.7 Å². The number of amides is 1. The molecule has 150 valence electrons. The molecule has 1 aromatic heterocycles. The molecular weight excluding hydrogens is 381 g/mol. The van der Waals surface area contributed by atoms with Gasteiger partial charge in [-0.05, 0) is 37.3 Å². The molecule has 0 spiro atoms.